The van der Waals surface area contributed by atoms with E-state index < -0.39 is 0 Å². The summed E-state index contributed by atoms with van der Waals surface area (Å²) in [6.45, 7) is 0. The molecule has 0 aliphatic heterocycles. The van der Waals surface area contributed by atoms with Gasteiger partial charge in [-0.3, -0.25) is 4.79 Å². The molecule has 0 aliphatic carbocycles. The lowest BCUT2D eigenvalue weighted by Gasteiger charge is -2.08. The van der Waals surface area contributed by atoms with Crippen molar-refractivity contribution in [1.82, 2.24) is 0 Å². The van der Waals surface area contributed by atoms with E-state index in [0.717, 1.165) is 16.7 Å². The zero-order chi connectivity index (χ0) is 14.2. The Balaban J connectivity index is 2.25. The molecule has 2 rings (SSSR count). The third-order valence-corrected chi connectivity index (χ3v) is 3.11. The molecule has 2 aromatic rings. The van der Waals surface area contributed by atoms with Gasteiger partial charge in [0.15, 0.2) is 0 Å². The van der Waals surface area contributed by atoms with E-state index in [1.165, 1.54) is 7.11 Å². The molecule has 0 bridgehead atoms. The predicted octanol–water partition coefficient (Wildman–Crippen LogP) is 4.18. The first-order valence-corrected chi connectivity index (χ1v) is 6.67. The van der Waals surface area contributed by atoms with Crippen LogP contribution in [0.25, 0.3) is 11.6 Å². The summed E-state index contributed by atoms with van der Waals surface area (Å²) in [5, 5.41) is 0. The van der Waals surface area contributed by atoms with Gasteiger partial charge in [0.25, 0.3) is 0 Å². The third-order valence-electron chi connectivity index (χ3n) is 3.11. The second kappa shape index (κ2) is 7.29. The fourth-order valence-corrected chi connectivity index (χ4v) is 2.04. The predicted molar refractivity (Wildman–Crippen MR) is 82.0 cm³/mol. The molecule has 0 aliphatic rings. The number of benzene rings is 2. The maximum atomic E-state index is 11.4. The Morgan fingerprint density at radius 1 is 0.950 bits per heavy atom. The highest BCUT2D eigenvalue weighted by molar-refractivity contribution is 5.83. The van der Waals surface area contributed by atoms with Gasteiger partial charge in [0.05, 0.1) is 7.11 Å². The topological polar surface area (TPSA) is 26.3 Å². The molecule has 0 saturated carbocycles. The van der Waals surface area contributed by atoms with Gasteiger partial charge < -0.3 is 4.74 Å². The number of hydrogen-bond donors (Lipinski definition) is 0. The summed E-state index contributed by atoms with van der Waals surface area (Å²) in [5.41, 5.74) is 3.42. The summed E-state index contributed by atoms with van der Waals surface area (Å²) < 4.78 is 4.72. The minimum absolute atomic E-state index is 0.181. The van der Waals surface area contributed by atoms with Crippen molar-refractivity contribution in [3.05, 3.63) is 71.8 Å². The van der Waals surface area contributed by atoms with Gasteiger partial charge >= 0.3 is 5.97 Å². The molecule has 0 aromatic heterocycles. The zero-order valence-electron chi connectivity index (χ0n) is 11.6. The van der Waals surface area contributed by atoms with E-state index in [4.69, 9.17) is 4.74 Å². The lowest BCUT2D eigenvalue weighted by atomic mass is 9.98. The van der Waals surface area contributed by atoms with Crippen molar-refractivity contribution in [2.24, 2.45) is 0 Å². The lowest BCUT2D eigenvalue weighted by molar-refractivity contribution is -0.140. The van der Waals surface area contributed by atoms with Crippen LogP contribution in [0.3, 0.4) is 0 Å². The number of carbonyl (C=O) groups is 1. The van der Waals surface area contributed by atoms with Crippen molar-refractivity contribution < 1.29 is 9.53 Å². The van der Waals surface area contributed by atoms with Gasteiger partial charge in [0.2, 0.25) is 0 Å². The summed E-state index contributed by atoms with van der Waals surface area (Å²) in [7, 11) is 1.42. The molecule has 0 atom stereocenters. The average molecular weight is 266 g/mol. The van der Waals surface area contributed by atoms with E-state index >= 15 is 0 Å². The van der Waals surface area contributed by atoms with Crippen molar-refractivity contribution in [3.63, 3.8) is 0 Å². The number of allylic oxidation sites excluding steroid dienone is 1. The second-order valence-electron chi connectivity index (χ2n) is 4.52. The minimum atomic E-state index is -0.181. The van der Waals surface area contributed by atoms with Gasteiger partial charge in [-0.15, -0.1) is 0 Å². The van der Waals surface area contributed by atoms with Crippen LogP contribution in [-0.2, 0) is 9.53 Å². The van der Waals surface area contributed by atoms with E-state index in [1.807, 2.05) is 36.4 Å². The van der Waals surface area contributed by atoms with Crippen LogP contribution in [0, 0.1) is 0 Å². The normalized spacial score (nSPS) is 11.2. The molecule has 0 heterocycles. The van der Waals surface area contributed by atoms with Gasteiger partial charge in [0.1, 0.15) is 0 Å². The Hall–Kier alpha value is -2.35. The lowest BCUT2D eigenvalue weighted by Crippen LogP contribution is -2.00. The van der Waals surface area contributed by atoms with Crippen LogP contribution < -0.4 is 0 Å². The standard InChI is InChI=1S/C18H18O2/c1-20-18(19)13-12-17(16-10-6-3-7-11-16)14-15-8-4-2-5-9-15/h2-11,14H,12-13H2,1H3/b17-14-. The van der Waals surface area contributed by atoms with Crippen LogP contribution in [0.2, 0.25) is 0 Å². The van der Waals surface area contributed by atoms with Gasteiger partial charge in [-0.05, 0) is 23.1 Å². The molecule has 102 valence electrons. The van der Waals surface area contributed by atoms with Crippen LogP contribution in [0.5, 0.6) is 0 Å². The second-order valence-corrected chi connectivity index (χ2v) is 4.52. The van der Waals surface area contributed by atoms with Crippen LogP contribution in [0.1, 0.15) is 24.0 Å². The number of rotatable bonds is 5. The van der Waals surface area contributed by atoms with Gasteiger partial charge in [0, 0.05) is 6.42 Å². The molecule has 0 saturated heterocycles. The number of esters is 1. The van der Waals surface area contributed by atoms with Crippen LogP contribution in [0.4, 0.5) is 0 Å². The molecule has 0 unspecified atom stereocenters. The van der Waals surface area contributed by atoms with Crippen LogP contribution in [-0.4, -0.2) is 13.1 Å². The first kappa shape index (κ1) is 14.1. The van der Waals surface area contributed by atoms with E-state index in [0.29, 0.717) is 12.8 Å². The van der Waals surface area contributed by atoms with Gasteiger partial charge in [-0.2, -0.15) is 0 Å². The summed E-state index contributed by atoms with van der Waals surface area (Å²) in [6, 6.07) is 20.3. The maximum Gasteiger partial charge on any atom is 0.305 e. The fourth-order valence-electron chi connectivity index (χ4n) is 2.04. The molecule has 2 nitrogen and oxygen atoms in total. The van der Waals surface area contributed by atoms with Gasteiger partial charge in [-0.25, -0.2) is 0 Å². The molecule has 20 heavy (non-hydrogen) atoms. The molecule has 0 radical (unpaired) electrons. The molecule has 0 N–H and O–H groups in total. The summed E-state index contributed by atoms with van der Waals surface area (Å²) in [6.07, 6.45) is 3.19. The Kier molecular flexibility index (Phi) is 5.13. The Labute approximate surface area is 119 Å². The van der Waals surface area contributed by atoms with Crippen molar-refractivity contribution in [3.8, 4) is 0 Å². The molecule has 0 amide bonds. The third kappa shape index (κ3) is 4.09. The largest absolute Gasteiger partial charge is 0.469 e. The highest BCUT2D eigenvalue weighted by Crippen LogP contribution is 2.23. The smallest absolute Gasteiger partial charge is 0.305 e. The van der Waals surface area contributed by atoms with E-state index in [1.54, 1.807) is 0 Å². The van der Waals surface area contributed by atoms with E-state index in [-0.39, 0.29) is 5.97 Å². The van der Waals surface area contributed by atoms with Crippen molar-refractivity contribution in [1.29, 1.82) is 0 Å². The quantitative estimate of drug-likeness (QED) is 0.599. The van der Waals surface area contributed by atoms with Crippen molar-refractivity contribution in [2.75, 3.05) is 7.11 Å². The van der Waals surface area contributed by atoms with Crippen LogP contribution in [0.15, 0.2) is 60.7 Å². The minimum Gasteiger partial charge on any atom is -0.469 e. The highest BCUT2D eigenvalue weighted by atomic mass is 16.5. The molecular formula is C18H18O2. The van der Waals surface area contributed by atoms with Gasteiger partial charge in [-0.1, -0.05) is 66.7 Å². The Bertz CT molecular complexity index is 571. The number of methoxy groups -OCH3 is 1. The molecule has 0 spiro atoms. The highest BCUT2D eigenvalue weighted by Gasteiger charge is 2.06. The molecule has 2 heteroatoms. The summed E-state index contributed by atoms with van der Waals surface area (Å²) in [4.78, 5) is 11.4. The SMILES string of the molecule is COC(=O)CC/C(=C/c1ccccc1)c1ccccc1. The van der Waals surface area contributed by atoms with E-state index in [9.17, 15) is 4.79 Å². The number of hydrogen-bond acceptors (Lipinski definition) is 2. The molecule has 0 fully saturated rings. The average Bonchev–Trinajstić information content (AvgIpc) is 2.53. The maximum absolute atomic E-state index is 11.4. The van der Waals surface area contributed by atoms with Crippen molar-refractivity contribution >= 4 is 17.6 Å². The number of carbonyl (C=O) groups excluding carboxylic acids is 1. The number of ether oxygens (including phenoxy) is 1. The first-order chi connectivity index (χ1) is 9.79. The Morgan fingerprint density at radius 3 is 2.15 bits per heavy atom. The summed E-state index contributed by atoms with van der Waals surface area (Å²) in [5.74, 6) is -0.181. The summed E-state index contributed by atoms with van der Waals surface area (Å²) >= 11 is 0. The molecular weight excluding hydrogens is 248 g/mol. The molecule has 2 aromatic carbocycles. The van der Waals surface area contributed by atoms with Crippen LogP contribution >= 0.6 is 0 Å². The first-order valence-electron chi connectivity index (χ1n) is 6.67. The zero-order valence-corrected chi connectivity index (χ0v) is 11.6. The van der Waals surface area contributed by atoms with Crippen molar-refractivity contribution in [2.45, 2.75) is 12.8 Å². The van der Waals surface area contributed by atoms with E-state index in [2.05, 4.69) is 30.3 Å². The monoisotopic (exact) mass is 266 g/mol. The Morgan fingerprint density at radius 2 is 1.55 bits per heavy atom. The fraction of sp³-hybridized carbons (Fsp3) is 0.167.